The first-order valence-electron chi connectivity index (χ1n) is 5.54. The number of aromatic amines is 1. The molecule has 5 heteroatoms. The minimum absolute atomic E-state index is 0.254. The molecule has 0 atom stereocenters. The molecule has 2 aromatic rings. The van der Waals surface area contributed by atoms with E-state index in [1.54, 1.807) is 24.5 Å². The number of nitrogens with zero attached hydrogens (tertiary/aromatic N) is 1. The summed E-state index contributed by atoms with van der Waals surface area (Å²) in [5.74, 6) is -0.309. The fourth-order valence-electron chi connectivity index (χ4n) is 1.53. The maximum atomic E-state index is 11.8. The zero-order chi connectivity index (χ0) is 13.0. The van der Waals surface area contributed by atoms with E-state index in [2.05, 4.69) is 15.3 Å². The van der Waals surface area contributed by atoms with E-state index < -0.39 is 0 Å². The second-order valence-corrected chi connectivity index (χ2v) is 3.91. The molecule has 0 saturated heterocycles. The van der Waals surface area contributed by atoms with Gasteiger partial charge in [-0.2, -0.15) is 0 Å². The SMILES string of the molecule is Cc1ccncc1CNC(=O)c1cccc(=O)[nH]1. The average Bonchev–Trinajstić information content (AvgIpc) is 2.37. The Morgan fingerprint density at radius 3 is 2.94 bits per heavy atom. The van der Waals surface area contributed by atoms with Gasteiger partial charge < -0.3 is 10.3 Å². The molecule has 18 heavy (non-hydrogen) atoms. The lowest BCUT2D eigenvalue weighted by Crippen LogP contribution is -2.26. The number of aryl methyl sites for hydroxylation is 1. The van der Waals surface area contributed by atoms with Crippen LogP contribution in [0.2, 0.25) is 0 Å². The Morgan fingerprint density at radius 1 is 1.39 bits per heavy atom. The van der Waals surface area contributed by atoms with Crippen molar-refractivity contribution in [2.24, 2.45) is 0 Å². The normalized spacial score (nSPS) is 10.1. The Hall–Kier alpha value is -2.43. The van der Waals surface area contributed by atoms with E-state index in [-0.39, 0.29) is 17.2 Å². The van der Waals surface area contributed by atoms with Gasteiger partial charge in [0.2, 0.25) is 5.56 Å². The zero-order valence-corrected chi connectivity index (χ0v) is 9.93. The van der Waals surface area contributed by atoms with Crippen LogP contribution < -0.4 is 10.9 Å². The molecule has 0 bridgehead atoms. The second kappa shape index (κ2) is 5.27. The molecule has 0 aliphatic carbocycles. The molecule has 0 aromatic carbocycles. The molecule has 2 rings (SSSR count). The van der Waals surface area contributed by atoms with Gasteiger partial charge in [-0.15, -0.1) is 0 Å². The highest BCUT2D eigenvalue weighted by Gasteiger charge is 2.06. The first-order valence-corrected chi connectivity index (χ1v) is 5.54. The fraction of sp³-hybridized carbons (Fsp3) is 0.154. The summed E-state index contributed by atoms with van der Waals surface area (Å²) in [5.41, 5.74) is 1.97. The third-order valence-corrected chi connectivity index (χ3v) is 2.60. The number of amides is 1. The molecule has 92 valence electrons. The van der Waals surface area contributed by atoms with E-state index in [9.17, 15) is 9.59 Å². The van der Waals surface area contributed by atoms with Crippen molar-refractivity contribution in [2.45, 2.75) is 13.5 Å². The van der Waals surface area contributed by atoms with Crippen molar-refractivity contribution >= 4 is 5.91 Å². The summed E-state index contributed by atoms with van der Waals surface area (Å²) >= 11 is 0. The van der Waals surface area contributed by atoms with Crippen LogP contribution in [0, 0.1) is 6.92 Å². The minimum atomic E-state index is -0.309. The average molecular weight is 243 g/mol. The molecule has 2 aromatic heterocycles. The summed E-state index contributed by atoms with van der Waals surface area (Å²) < 4.78 is 0. The summed E-state index contributed by atoms with van der Waals surface area (Å²) in [6.45, 7) is 2.34. The minimum Gasteiger partial charge on any atom is -0.347 e. The Bertz CT molecular complexity index is 619. The number of carbonyl (C=O) groups excluding carboxylic acids is 1. The molecule has 0 unspecified atom stereocenters. The second-order valence-electron chi connectivity index (χ2n) is 3.91. The maximum absolute atomic E-state index is 11.8. The summed E-state index contributed by atoms with van der Waals surface area (Å²) in [5, 5.41) is 2.73. The van der Waals surface area contributed by atoms with E-state index in [1.165, 1.54) is 6.07 Å². The van der Waals surface area contributed by atoms with Gasteiger partial charge in [-0.05, 0) is 30.2 Å². The first kappa shape index (κ1) is 12.0. The topological polar surface area (TPSA) is 74.8 Å². The van der Waals surface area contributed by atoms with Crippen molar-refractivity contribution in [3.05, 3.63) is 63.8 Å². The van der Waals surface area contributed by atoms with Gasteiger partial charge in [0, 0.05) is 25.0 Å². The monoisotopic (exact) mass is 243 g/mol. The molecule has 0 aliphatic heterocycles. The van der Waals surface area contributed by atoms with Crippen LogP contribution in [0.1, 0.15) is 21.6 Å². The van der Waals surface area contributed by atoms with Crippen molar-refractivity contribution in [2.75, 3.05) is 0 Å². The third-order valence-electron chi connectivity index (χ3n) is 2.60. The molecule has 1 amide bonds. The van der Waals surface area contributed by atoms with E-state index >= 15 is 0 Å². The van der Waals surface area contributed by atoms with Gasteiger partial charge in [0.25, 0.3) is 5.91 Å². The Balaban J connectivity index is 2.05. The molecular weight excluding hydrogens is 230 g/mol. The van der Waals surface area contributed by atoms with Crippen LogP contribution >= 0.6 is 0 Å². The molecule has 0 saturated carbocycles. The van der Waals surface area contributed by atoms with Gasteiger partial charge in [-0.3, -0.25) is 14.6 Å². The summed E-state index contributed by atoms with van der Waals surface area (Å²) in [4.78, 5) is 29.3. The van der Waals surface area contributed by atoms with E-state index in [1.807, 2.05) is 13.0 Å². The summed E-state index contributed by atoms with van der Waals surface area (Å²) in [7, 11) is 0. The van der Waals surface area contributed by atoms with Crippen LogP contribution in [-0.4, -0.2) is 15.9 Å². The van der Waals surface area contributed by atoms with Crippen LogP contribution in [0.15, 0.2) is 41.5 Å². The molecule has 0 fully saturated rings. The van der Waals surface area contributed by atoms with Gasteiger partial charge in [0.05, 0.1) is 0 Å². The van der Waals surface area contributed by atoms with Gasteiger partial charge >= 0.3 is 0 Å². The van der Waals surface area contributed by atoms with Crippen LogP contribution in [0.4, 0.5) is 0 Å². The van der Waals surface area contributed by atoms with E-state index in [0.29, 0.717) is 6.54 Å². The Morgan fingerprint density at radius 2 is 2.22 bits per heavy atom. The quantitative estimate of drug-likeness (QED) is 0.844. The predicted molar refractivity (Wildman–Crippen MR) is 67.2 cm³/mol. The number of nitrogens with one attached hydrogen (secondary N) is 2. The lowest BCUT2D eigenvalue weighted by Gasteiger charge is -2.07. The first-order chi connectivity index (χ1) is 8.66. The molecule has 5 nitrogen and oxygen atoms in total. The highest BCUT2D eigenvalue weighted by Crippen LogP contribution is 2.04. The molecule has 0 aliphatic rings. The molecule has 0 radical (unpaired) electrons. The lowest BCUT2D eigenvalue weighted by molar-refractivity contribution is 0.0945. The Kier molecular flexibility index (Phi) is 3.52. The standard InChI is InChI=1S/C13H13N3O2/c1-9-5-6-14-7-10(9)8-15-13(18)11-3-2-4-12(17)16-11/h2-7H,8H2,1H3,(H,15,18)(H,16,17). The van der Waals surface area contributed by atoms with Crippen molar-refractivity contribution in [3.8, 4) is 0 Å². The van der Waals surface area contributed by atoms with Gasteiger partial charge in [-0.25, -0.2) is 0 Å². The predicted octanol–water partition coefficient (Wildman–Crippen LogP) is 1.01. The number of H-pyrrole nitrogens is 1. The Labute approximate surface area is 104 Å². The van der Waals surface area contributed by atoms with Crippen LogP contribution in [0.25, 0.3) is 0 Å². The third kappa shape index (κ3) is 2.82. The van der Waals surface area contributed by atoms with Crippen molar-refractivity contribution < 1.29 is 4.79 Å². The number of hydrogen-bond donors (Lipinski definition) is 2. The highest BCUT2D eigenvalue weighted by molar-refractivity contribution is 5.92. The number of rotatable bonds is 3. The molecule has 0 spiro atoms. The number of pyridine rings is 2. The smallest absolute Gasteiger partial charge is 0.268 e. The summed E-state index contributed by atoms with van der Waals surface area (Å²) in [6, 6.07) is 6.35. The van der Waals surface area contributed by atoms with Crippen LogP contribution in [0.5, 0.6) is 0 Å². The molecule has 2 heterocycles. The van der Waals surface area contributed by atoms with Gasteiger partial charge in [0.15, 0.2) is 0 Å². The van der Waals surface area contributed by atoms with Crippen molar-refractivity contribution in [1.82, 2.24) is 15.3 Å². The van der Waals surface area contributed by atoms with Crippen LogP contribution in [-0.2, 0) is 6.54 Å². The molecule has 2 N–H and O–H groups in total. The van der Waals surface area contributed by atoms with E-state index in [0.717, 1.165) is 11.1 Å². The summed E-state index contributed by atoms with van der Waals surface area (Å²) in [6.07, 6.45) is 3.42. The number of hydrogen-bond acceptors (Lipinski definition) is 3. The number of aromatic nitrogens is 2. The highest BCUT2D eigenvalue weighted by atomic mass is 16.2. The van der Waals surface area contributed by atoms with Gasteiger partial charge in [-0.1, -0.05) is 6.07 Å². The van der Waals surface area contributed by atoms with Crippen LogP contribution in [0.3, 0.4) is 0 Å². The lowest BCUT2D eigenvalue weighted by atomic mass is 10.1. The number of carbonyl (C=O) groups is 1. The van der Waals surface area contributed by atoms with E-state index in [4.69, 9.17) is 0 Å². The largest absolute Gasteiger partial charge is 0.347 e. The maximum Gasteiger partial charge on any atom is 0.268 e. The van der Waals surface area contributed by atoms with Crippen molar-refractivity contribution in [3.63, 3.8) is 0 Å². The zero-order valence-electron chi connectivity index (χ0n) is 9.93. The van der Waals surface area contributed by atoms with Gasteiger partial charge in [0.1, 0.15) is 5.69 Å². The van der Waals surface area contributed by atoms with Crippen molar-refractivity contribution in [1.29, 1.82) is 0 Å². The fourth-order valence-corrected chi connectivity index (χ4v) is 1.53. The molecular formula is C13H13N3O2.